The molecule has 26 heavy (non-hydrogen) atoms. The second-order valence-corrected chi connectivity index (χ2v) is 5.83. The van der Waals surface area contributed by atoms with Gasteiger partial charge in [-0.05, 0) is 29.8 Å². The van der Waals surface area contributed by atoms with Gasteiger partial charge in [0.1, 0.15) is 6.54 Å². The molecule has 7 nitrogen and oxygen atoms in total. The number of nitrogens with one attached hydrogen (secondary N) is 2. The van der Waals surface area contributed by atoms with Crippen molar-refractivity contribution in [2.24, 2.45) is 0 Å². The van der Waals surface area contributed by atoms with Crippen molar-refractivity contribution in [3.63, 3.8) is 0 Å². The van der Waals surface area contributed by atoms with E-state index in [-0.39, 0.29) is 23.9 Å². The molecule has 3 aromatic rings. The van der Waals surface area contributed by atoms with Crippen LogP contribution in [0.15, 0.2) is 59.5 Å². The van der Waals surface area contributed by atoms with Crippen molar-refractivity contribution in [1.82, 2.24) is 14.9 Å². The summed E-state index contributed by atoms with van der Waals surface area (Å²) in [7, 11) is 0. The SMILES string of the molecule is CC(=O)Nc1ccc(CNC(=O)Cn2c(=O)cnc3ccccc32)cc1. The van der Waals surface area contributed by atoms with E-state index in [0.717, 1.165) is 5.56 Å². The molecule has 0 aliphatic heterocycles. The summed E-state index contributed by atoms with van der Waals surface area (Å²) in [6.45, 7) is 1.70. The van der Waals surface area contributed by atoms with Crippen LogP contribution in [0.2, 0.25) is 0 Å². The van der Waals surface area contributed by atoms with E-state index in [1.54, 1.807) is 30.3 Å². The van der Waals surface area contributed by atoms with Crippen LogP contribution < -0.4 is 16.2 Å². The third-order valence-corrected chi connectivity index (χ3v) is 3.82. The number of hydrogen-bond acceptors (Lipinski definition) is 4. The lowest BCUT2D eigenvalue weighted by Crippen LogP contribution is -2.32. The number of benzene rings is 2. The van der Waals surface area contributed by atoms with E-state index < -0.39 is 0 Å². The lowest BCUT2D eigenvalue weighted by molar-refractivity contribution is -0.121. The van der Waals surface area contributed by atoms with Crippen LogP contribution >= 0.6 is 0 Å². The fraction of sp³-hybridized carbons (Fsp3) is 0.158. The van der Waals surface area contributed by atoms with E-state index in [2.05, 4.69) is 15.6 Å². The molecule has 0 spiro atoms. The maximum absolute atomic E-state index is 12.2. The molecule has 2 amide bonds. The summed E-state index contributed by atoms with van der Waals surface area (Å²) in [4.78, 5) is 39.4. The monoisotopic (exact) mass is 350 g/mol. The molecule has 7 heteroatoms. The molecule has 0 saturated carbocycles. The van der Waals surface area contributed by atoms with Crippen LogP contribution in [0, 0.1) is 0 Å². The minimum absolute atomic E-state index is 0.0775. The predicted molar refractivity (Wildman–Crippen MR) is 98.6 cm³/mol. The first kappa shape index (κ1) is 17.3. The first-order valence-corrected chi connectivity index (χ1v) is 8.11. The Kier molecular flexibility index (Phi) is 5.07. The summed E-state index contributed by atoms with van der Waals surface area (Å²) in [6, 6.07) is 14.4. The Labute approximate surface area is 149 Å². The number of anilines is 1. The fourth-order valence-corrected chi connectivity index (χ4v) is 2.59. The quantitative estimate of drug-likeness (QED) is 0.732. The normalized spacial score (nSPS) is 10.5. The van der Waals surface area contributed by atoms with Gasteiger partial charge in [-0.3, -0.25) is 19.0 Å². The topological polar surface area (TPSA) is 93.1 Å². The van der Waals surface area contributed by atoms with E-state index >= 15 is 0 Å². The number of fused-ring (bicyclic) bond motifs is 1. The average molecular weight is 350 g/mol. The molecular formula is C19H18N4O3. The van der Waals surface area contributed by atoms with E-state index in [4.69, 9.17) is 0 Å². The highest BCUT2D eigenvalue weighted by Crippen LogP contribution is 2.10. The summed E-state index contributed by atoms with van der Waals surface area (Å²) in [5, 5.41) is 5.48. The zero-order valence-electron chi connectivity index (χ0n) is 14.2. The number of rotatable bonds is 5. The van der Waals surface area contributed by atoms with Gasteiger partial charge in [-0.15, -0.1) is 0 Å². The highest BCUT2D eigenvalue weighted by Gasteiger charge is 2.08. The van der Waals surface area contributed by atoms with Crippen LogP contribution in [0.5, 0.6) is 0 Å². The molecule has 0 fully saturated rings. The molecule has 1 aromatic heterocycles. The lowest BCUT2D eigenvalue weighted by Gasteiger charge is -2.10. The van der Waals surface area contributed by atoms with Crippen LogP contribution in [-0.2, 0) is 22.7 Å². The Morgan fingerprint density at radius 3 is 2.54 bits per heavy atom. The molecule has 0 bridgehead atoms. The van der Waals surface area contributed by atoms with Gasteiger partial charge in [0.15, 0.2) is 0 Å². The fourth-order valence-electron chi connectivity index (χ4n) is 2.59. The number of carbonyl (C=O) groups excluding carboxylic acids is 2. The minimum atomic E-state index is -0.321. The molecule has 0 atom stereocenters. The molecule has 0 aliphatic carbocycles. The van der Waals surface area contributed by atoms with Crippen LogP contribution in [0.3, 0.4) is 0 Å². The van der Waals surface area contributed by atoms with E-state index in [1.165, 1.54) is 17.7 Å². The highest BCUT2D eigenvalue weighted by molar-refractivity contribution is 5.88. The number of carbonyl (C=O) groups is 2. The Hall–Kier alpha value is -3.48. The van der Waals surface area contributed by atoms with Crippen molar-refractivity contribution in [3.05, 3.63) is 70.6 Å². The Morgan fingerprint density at radius 1 is 1.08 bits per heavy atom. The Morgan fingerprint density at radius 2 is 1.81 bits per heavy atom. The van der Waals surface area contributed by atoms with Gasteiger partial charge >= 0.3 is 0 Å². The number of nitrogens with zero attached hydrogens (tertiary/aromatic N) is 2. The van der Waals surface area contributed by atoms with Gasteiger partial charge in [-0.25, -0.2) is 4.98 Å². The maximum atomic E-state index is 12.2. The molecule has 0 saturated heterocycles. The van der Waals surface area contributed by atoms with Gasteiger partial charge in [0.25, 0.3) is 5.56 Å². The van der Waals surface area contributed by atoms with Crippen LogP contribution in [0.1, 0.15) is 12.5 Å². The van der Waals surface area contributed by atoms with Crippen molar-refractivity contribution in [3.8, 4) is 0 Å². The molecule has 0 unspecified atom stereocenters. The minimum Gasteiger partial charge on any atom is -0.350 e. The van der Waals surface area contributed by atoms with E-state index in [0.29, 0.717) is 23.3 Å². The van der Waals surface area contributed by atoms with Gasteiger partial charge in [0.2, 0.25) is 11.8 Å². The number of aromatic nitrogens is 2. The second kappa shape index (κ2) is 7.60. The second-order valence-electron chi connectivity index (χ2n) is 5.83. The van der Waals surface area contributed by atoms with E-state index in [9.17, 15) is 14.4 Å². The van der Waals surface area contributed by atoms with Gasteiger partial charge in [-0.2, -0.15) is 0 Å². The smallest absolute Gasteiger partial charge is 0.269 e. The van der Waals surface area contributed by atoms with Crippen molar-refractivity contribution in [2.45, 2.75) is 20.0 Å². The summed E-state index contributed by atoms with van der Waals surface area (Å²) in [5.74, 6) is -0.407. The van der Waals surface area contributed by atoms with Crippen LogP contribution in [0.25, 0.3) is 11.0 Å². The molecule has 1 heterocycles. The van der Waals surface area contributed by atoms with E-state index in [1.807, 2.05) is 18.2 Å². The predicted octanol–water partition coefficient (Wildman–Crippen LogP) is 1.67. The Bertz CT molecular complexity index is 1010. The summed E-state index contributed by atoms with van der Waals surface area (Å²) in [5.41, 5.74) is 2.54. The molecular weight excluding hydrogens is 332 g/mol. The third kappa shape index (κ3) is 4.13. The van der Waals surface area contributed by atoms with Gasteiger partial charge in [-0.1, -0.05) is 24.3 Å². The number of amides is 2. The van der Waals surface area contributed by atoms with Gasteiger partial charge in [0.05, 0.1) is 17.2 Å². The summed E-state index contributed by atoms with van der Waals surface area (Å²) < 4.78 is 1.40. The standard InChI is InChI=1S/C19H18N4O3/c1-13(24)22-15-8-6-14(7-9-15)10-21-18(25)12-23-17-5-3-2-4-16(17)20-11-19(23)26/h2-9,11H,10,12H2,1H3,(H,21,25)(H,22,24). The molecule has 132 valence electrons. The largest absolute Gasteiger partial charge is 0.350 e. The molecule has 0 radical (unpaired) electrons. The third-order valence-electron chi connectivity index (χ3n) is 3.82. The molecule has 0 aliphatic rings. The number of hydrogen-bond donors (Lipinski definition) is 2. The van der Waals surface area contributed by atoms with Crippen molar-refractivity contribution >= 4 is 28.5 Å². The van der Waals surface area contributed by atoms with Gasteiger partial charge < -0.3 is 10.6 Å². The van der Waals surface area contributed by atoms with Crippen molar-refractivity contribution in [1.29, 1.82) is 0 Å². The van der Waals surface area contributed by atoms with Crippen LogP contribution in [-0.4, -0.2) is 21.4 Å². The Balaban J connectivity index is 1.66. The van der Waals surface area contributed by atoms with Crippen LogP contribution in [0.4, 0.5) is 5.69 Å². The zero-order valence-corrected chi connectivity index (χ0v) is 14.2. The van der Waals surface area contributed by atoms with Gasteiger partial charge in [0, 0.05) is 19.2 Å². The van der Waals surface area contributed by atoms with Crippen molar-refractivity contribution < 1.29 is 9.59 Å². The number of para-hydroxylation sites is 2. The summed E-state index contributed by atoms with van der Waals surface area (Å²) >= 11 is 0. The van der Waals surface area contributed by atoms with Crippen molar-refractivity contribution in [2.75, 3.05) is 5.32 Å². The summed E-state index contributed by atoms with van der Waals surface area (Å²) in [6.07, 6.45) is 1.22. The highest BCUT2D eigenvalue weighted by atomic mass is 16.2. The molecule has 2 aromatic carbocycles. The molecule has 3 rings (SSSR count). The average Bonchev–Trinajstić information content (AvgIpc) is 2.63. The first-order valence-electron chi connectivity index (χ1n) is 8.11. The molecule has 2 N–H and O–H groups in total. The first-order chi connectivity index (χ1) is 12.5. The zero-order chi connectivity index (χ0) is 18.5. The lowest BCUT2D eigenvalue weighted by atomic mass is 10.2. The maximum Gasteiger partial charge on any atom is 0.269 e.